The molecule has 0 atom stereocenters. The molecule has 3 aromatic rings. The highest BCUT2D eigenvalue weighted by Gasteiger charge is 2.10. The third-order valence-corrected chi connectivity index (χ3v) is 3.49. The first kappa shape index (κ1) is 9.72. The van der Waals surface area contributed by atoms with Crippen LogP contribution in [-0.2, 0) is 0 Å². The number of hydrogen-bond acceptors (Lipinski definition) is 1. The van der Waals surface area contributed by atoms with Gasteiger partial charge in [-0.25, -0.2) is 0 Å². The Morgan fingerprint density at radius 2 is 1.67 bits per heavy atom. The molecular formula is C17H12O. The van der Waals surface area contributed by atoms with Crippen LogP contribution in [-0.4, -0.2) is 6.61 Å². The van der Waals surface area contributed by atoms with E-state index in [1.54, 1.807) is 0 Å². The molecule has 0 saturated carbocycles. The molecule has 86 valence electrons. The molecule has 4 rings (SSSR count). The highest BCUT2D eigenvalue weighted by molar-refractivity contribution is 6.02. The Hall–Kier alpha value is -2.28. The van der Waals surface area contributed by atoms with Crippen molar-refractivity contribution < 1.29 is 4.74 Å². The van der Waals surface area contributed by atoms with E-state index in [-0.39, 0.29) is 0 Å². The lowest BCUT2D eigenvalue weighted by molar-refractivity contribution is 0.363. The summed E-state index contributed by atoms with van der Waals surface area (Å²) in [4.78, 5) is 0. The molecule has 1 aliphatic heterocycles. The van der Waals surface area contributed by atoms with Crippen LogP contribution >= 0.6 is 0 Å². The molecule has 0 saturated heterocycles. The summed E-state index contributed by atoms with van der Waals surface area (Å²) in [5, 5.41) is 4.98. The summed E-state index contributed by atoms with van der Waals surface area (Å²) in [7, 11) is 0. The summed E-state index contributed by atoms with van der Waals surface area (Å²) in [6, 6.07) is 17.2. The van der Waals surface area contributed by atoms with Crippen molar-refractivity contribution in [3.05, 3.63) is 60.2 Å². The van der Waals surface area contributed by atoms with E-state index in [9.17, 15) is 0 Å². The van der Waals surface area contributed by atoms with Gasteiger partial charge in [-0.3, -0.25) is 0 Å². The predicted octanol–water partition coefficient (Wildman–Crippen LogP) is 4.40. The summed E-state index contributed by atoms with van der Waals surface area (Å²) in [5.41, 5.74) is 1.17. The molecular weight excluding hydrogens is 220 g/mol. The molecule has 1 heterocycles. The largest absolute Gasteiger partial charge is 0.488 e. The quantitative estimate of drug-likeness (QED) is 0.522. The molecule has 0 spiro atoms. The van der Waals surface area contributed by atoms with Gasteiger partial charge in [-0.2, -0.15) is 0 Å². The minimum absolute atomic E-state index is 0.666. The molecule has 1 heteroatoms. The summed E-state index contributed by atoms with van der Waals surface area (Å²) >= 11 is 0. The highest BCUT2D eigenvalue weighted by atomic mass is 16.5. The van der Waals surface area contributed by atoms with Gasteiger partial charge in [0.25, 0.3) is 0 Å². The molecule has 0 amide bonds. The summed E-state index contributed by atoms with van der Waals surface area (Å²) in [5.74, 6) is 1.01. The van der Waals surface area contributed by atoms with E-state index in [0.717, 1.165) is 5.75 Å². The van der Waals surface area contributed by atoms with Crippen molar-refractivity contribution in [1.82, 2.24) is 0 Å². The third-order valence-electron chi connectivity index (χ3n) is 3.49. The van der Waals surface area contributed by atoms with Gasteiger partial charge in [-0.15, -0.1) is 0 Å². The van der Waals surface area contributed by atoms with Crippen LogP contribution in [0.4, 0.5) is 0 Å². The number of ether oxygens (including phenoxy) is 1. The molecule has 1 nitrogen and oxygen atoms in total. The van der Waals surface area contributed by atoms with Crippen molar-refractivity contribution in [1.29, 1.82) is 0 Å². The predicted molar refractivity (Wildman–Crippen MR) is 76.0 cm³/mol. The minimum atomic E-state index is 0.666. The van der Waals surface area contributed by atoms with E-state index < -0.39 is 0 Å². The molecule has 0 aromatic heterocycles. The Kier molecular flexibility index (Phi) is 1.95. The molecule has 0 aliphatic carbocycles. The fourth-order valence-electron chi connectivity index (χ4n) is 2.60. The average molecular weight is 232 g/mol. The van der Waals surface area contributed by atoms with E-state index in [2.05, 4.69) is 60.7 Å². The first-order chi connectivity index (χ1) is 8.92. The monoisotopic (exact) mass is 232 g/mol. The lowest BCUT2D eigenvalue weighted by Crippen LogP contribution is -2.00. The molecule has 0 fully saturated rings. The van der Waals surface area contributed by atoms with Crippen molar-refractivity contribution in [2.75, 3.05) is 6.61 Å². The molecule has 3 aromatic carbocycles. The Labute approximate surface area is 105 Å². The average Bonchev–Trinajstić information content (AvgIpc) is 2.45. The van der Waals surface area contributed by atoms with Crippen molar-refractivity contribution in [2.24, 2.45) is 0 Å². The van der Waals surface area contributed by atoms with Crippen LogP contribution in [0.15, 0.2) is 54.6 Å². The Balaban J connectivity index is 2.15. The summed E-state index contributed by atoms with van der Waals surface area (Å²) < 4.78 is 5.80. The molecule has 0 radical (unpaired) electrons. The van der Waals surface area contributed by atoms with Gasteiger partial charge < -0.3 is 4.74 Å². The zero-order chi connectivity index (χ0) is 11.9. The second kappa shape index (κ2) is 3.61. The summed E-state index contributed by atoms with van der Waals surface area (Å²) in [6.07, 6.45) is 4.18. The fourth-order valence-corrected chi connectivity index (χ4v) is 2.60. The van der Waals surface area contributed by atoms with E-state index in [1.807, 2.05) is 0 Å². The fraction of sp³-hybridized carbons (Fsp3) is 0.0588. The third kappa shape index (κ3) is 1.34. The lowest BCUT2D eigenvalue weighted by Gasteiger charge is -2.15. The smallest absolute Gasteiger partial charge is 0.134 e. The van der Waals surface area contributed by atoms with Crippen molar-refractivity contribution in [3.63, 3.8) is 0 Å². The van der Waals surface area contributed by atoms with Gasteiger partial charge in [0, 0.05) is 10.9 Å². The first-order valence-corrected chi connectivity index (χ1v) is 6.17. The summed E-state index contributed by atoms with van der Waals surface area (Å²) in [6.45, 7) is 0.666. The van der Waals surface area contributed by atoms with Gasteiger partial charge >= 0.3 is 0 Å². The van der Waals surface area contributed by atoms with Crippen LogP contribution in [0.2, 0.25) is 0 Å². The van der Waals surface area contributed by atoms with Crippen LogP contribution in [0.25, 0.3) is 27.6 Å². The number of benzene rings is 3. The number of fused-ring (bicyclic) bond motifs is 4. The van der Waals surface area contributed by atoms with Gasteiger partial charge in [0.15, 0.2) is 0 Å². The Morgan fingerprint density at radius 3 is 2.56 bits per heavy atom. The zero-order valence-corrected chi connectivity index (χ0v) is 9.89. The maximum atomic E-state index is 5.80. The van der Waals surface area contributed by atoms with E-state index in [0.29, 0.717) is 6.61 Å². The molecule has 0 bridgehead atoms. The second-order valence-electron chi connectivity index (χ2n) is 4.62. The van der Waals surface area contributed by atoms with E-state index in [4.69, 9.17) is 4.74 Å². The SMILES string of the molecule is C1=Cc2ccc3cc4ccccc4cc3c2OC1. The number of hydrogen-bond donors (Lipinski definition) is 0. The van der Waals surface area contributed by atoms with Crippen molar-refractivity contribution >= 4 is 27.6 Å². The van der Waals surface area contributed by atoms with Gasteiger partial charge in [0.1, 0.15) is 12.4 Å². The minimum Gasteiger partial charge on any atom is -0.488 e. The Morgan fingerprint density at radius 1 is 0.833 bits per heavy atom. The lowest BCUT2D eigenvalue weighted by atomic mass is 9.99. The molecule has 0 N–H and O–H groups in total. The van der Waals surface area contributed by atoms with Crippen LogP contribution in [0.3, 0.4) is 0 Å². The molecule has 1 aliphatic rings. The second-order valence-corrected chi connectivity index (χ2v) is 4.62. The van der Waals surface area contributed by atoms with Crippen molar-refractivity contribution in [3.8, 4) is 5.75 Å². The van der Waals surface area contributed by atoms with E-state index in [1.165, 1.54) is 27.1 Å². The highest BCUT2D eigenvalue weighted by Crippen LogP contribution is 2.35. The topological polar surface area (TPSA) is 9.23 Å². The maximum Gasteiger partial charge on any atom is 0.134 e. The van der Waals surface area contributed by atoms with Crippen LogP contribution in [0.5, 0.6) is 5.75 Å². The number of rotatable bonds is 0. The van der Waals surface area contributed by atoms with Gasteiger partial charge in [0.2, 0.25) is 0 Å². The molecule has 0 unspecified atom stereocenters. The van der Waals surface area contributed by atoms with E-state index >= 15 is 0 Å². The van der Waals surface area contributed by atoms with Crippen molar-refractivity contribution in [2.45, 2.75) is 0 Å². The van der Waals surface area contributed by atoms with Gasteiger partial charge in [0.05, 0.1) is 0 Å². The van der Waals surface area contributed by atoms with Crippen LogP contribution < -0.4 is 4.74 Å². The van der Waals surface area contributed by atoms with Crippen LogP contribution in [0, 0.1) is 0 Å². The normalized spacial score (nSPS) is 13.6. The van der Waals surface area contributed by atoms with Gasteiger partial charge in [-0.1, -0.05) is 42.5 Å². The molecule has 18 heavy (non-hydrogen) atoms. The zero-order valence-electron chi connectivity index (χ0n) is 9.89. The Bertz CT molecular complexity index is 784. The van der Waals surface area contributed by atoms with Gasteiger partial charge in [-0.05, 0) is 34.4 Å². The first-order valence-electron chi connectivity index (χ1n) is 6.17. The maximum absolute atomic E-state index is 5.80. The standard InChI is InChI=1S/C17H12O/c1-2-5-14-11-16-15(10-13(14)4-1)8-7-12-6-3-9-18-17(12)16/h1-8,10-11H,9H2. The van der Waals surface area contributed by atoms with Crippen LogP contribution in [0.1, 0.15) is 5.56 Å².